The van der Waals surface area contributed by atoms with E-state index in [9.17, 15) is 9.59 Å². The summed E-state index contributed by atoms with van der Waals surface area (Å²) in [5.74, 6) is -0.0541. The van der Waals surface area contributed by atoms with Gasteiger partial charge in [-0.15, -0.1) is 0 Å². The van der Waals surface area contributed by atoms with E-state index in [1.165, 1.54) is 32.1 Å². The Morgan fingerprint density at radius 2 is 1.64 bits per heavy atom. The average Bonchev–Trinajstić information content (AvgIpc) is 2.54. The van der Waals surface area contributed by atoms with Crippen LogP contribution in [0.15, 0.2) is 0 Å². The summed E-state index contributed by atoms with van der Waals surface area (Å²) in [4.78, 5) is 25.5. The molecule has 128 valence electrons. The first kappa shape index (κ1) is 19.0. The lowest BCUT2D eigenvalue weighted by Gasteiger charge is -2.25. The smallest absolute Gasteiger partial charge is 0.325 e. The molecule has 1 amide bonds. The molecule has 1 aliphatic carbocycles. The summed E-state index contributed by atoms with van der Waals surface area (Å²) in [5.41, 5.74) is 0. The fourth-order valence-electron chi connectivity index (χ4n) is 3.05. The van der Waals surface area contributed by atoms with Gasteiger partial charge in [-0.05, 0) is 19.3 Å². The number of rotatable bonds is 10. The van der Waals surface area contributed by atoms with Crippen molar-refractivity contribution in [3.63, 3.8) is 0 Å². The van der Waals surface area contributed by atoms with Gasteiger partial charge >= 0.3 is 5.97 Å². The average molecular weight is 311 g/mol. The van der Waals surface area contributed by atoms with Crippen LogP contribution in [0.5, 0.6) is 0 Å². The van der Waals surface area contributed by atoms with E-state index in [-0.39, 0.29) is 24.3 Å². The van der Waals surface area contributed by atoms with Crippen molar-refractivity contribution < 1.29 is 14.3 Å². The molecule has 0 aliphatic heterocycles. The minimum absolute atomic E-state index is 0.0885. The first-order valence-electron chi connectivity index (χ1n) is 9.05. The maximum Gasteiger partial charge on any atom is 0.325 e. The Morgan fingerprint density at radius 3 is 2.32 bits per heavy atom. The van der Waals surface area contributed by atoms with Crippen molar-refractivity contribution in [3.05, 3.63) is 0 Å². The van der Waals surface area contributed by atoms with E-state index in [0.29, 0.717) is 6.61 Å². The number of carbonyl (C=O) groups is 2. The number of nitrogens with zero attached hydrogens (tertiary/aromatic N) is 1. The third kappa shape index (κ3) is 7.81. The zero-order valence-corrected chi connectivity index (χ0v) is 14.4. The largest absolute Gasteiger partial charge is 0.464 e. The predicted molar refractivity (Wildman–Crippen MR) is 88.5 cm³/mol. The van der Waals surface area contributed by atoms with Crippen LogP contribution in [-0.2, 0) is 14.3 Å². The summed E-state index contributed by atoms with van der Waals surface area (Å²) in [6.45, 7) is 2.77. The van der Waals surface area contributed by atoms with Gasteiger partial charge in [0.15, 0.2) is 0 Å². The van der Waals surface area contributed by atoms with E-state index in [4.69, 9.17) is 4.74 Å². The molecule has 0 aromatic rings. The van der Waals surface area contributed by atoms with Crippen LogP contribution in [0.2, 0.25) is 0 Å². The van der Waals surface area contributed by atoms with Crippen LogP contribution >= 0.6 is 0 Å². The summed E-state index contributed by atoms with van der Waals surface area (Å²) < 4.78 is 5.22. The Hall–Kier alpha value is -1.06. The van der Waals surface area contributed by atoms with Crippen molar-refractivity contribution in [3.8, 4) is 0 Å². The molecule has 0 atom stereocenters. The zero-order valence-electron chi connectivity index (χ0n) is 14.4. The van der Waals surface area contributed by atoms with Crippen LogP contribution < -0.4 is 0 Å². The summed E-state index contributed by atoms with van der Waals surface area (Å²) in [5, 5.41) is 0. The van der Waals surface area contributed by atoms with Crippen molar-refractivity contribution in [1.29, 1.82) is 0 Å². The van der Waals surface area contributed by atoms with Crippen LogP contribution in [0.1, 0.15) is 77.6 Å². The lowest BCUT2D eigenvalue weighted by Crippen LogP contribution is -2.38. The van der Waals surface area contributed by atoms with Crippen molar-refractivity contribution in [2.24, 2.45) is 5.92 Å². The zero-order chi connectivity index (χ0) is 16.2. The second-order valence-electron chi connectivity index (χ2n) is 6.52. The Balaban J connectivity index is 2.09. The minimum Gasteiger partial charge on any atom is -0.464 e. The number of amides is 1. The maximum absolute atomic E-state index is 12.2. The molecular weight excluding hydrogens is 278 g/mol. The molecule has 1 fully saturated rings. The minimum atomic E-state index is -0.278. The number of hydrogen-bond acceptors (Lipinski definition) is 3. The van der Waals surface area contributed by atoms with Crippen LogP contribution in [0, 0.1) is 5.92 Å². The van der Waals surface area contributed by atoms with Gasteiger partial charge in [0.05, 0.1) is 6.61 Å². The molecule has 0 spiro atoms. The highest BCUT2D eigenvalue weighted by Crippen LogP contribution is 2.25. The van der Waals surface area contributed by atoms with Gasteiger partial charge in [-0.1, -0.05) is 58.3 Å². The van der Waals surface area contributed by atoms with Gasteiger partial charge in [0.1, 0.15) is 6.54 Å². The Kier molecular flexibility index (Phi) is 9.93. The molecular formula is C18H33NO3. The van der Waals surface area contributed by atoms with Gasteiger partial charge < -0.3 is 9.64 Å². The molecule has 0 heterocycles. The molecule has 4 nitrogen and oxygen atoms in total. The quantitative estimate of drug-likeness (QED) is 0.453. The standard InChI is InChI=1S/C18H33NO3/c1-3-4-5-6-7-11-14-22-17(20)15-19(2)18(21)16-12-9-8-10-13-16/h16H,3-15H2,1-2H3. The summed E-state index contributed by atoms with van der Waals surface area (Å²) >= 11 is 0. The number of ether oxygens (including phenoxy) is 1. The van der Waals surface area contributed by atoms with E-state index in [1.54, 1.807) is 11.9 Å². The lowest BCUT2D eigenvalue weighted by molar-refractivity contribution is -0.150. The highest BCUT2D eigenvalue weighted by molar-refractivity contribution is 5.83. The van der Waals surface area contributed by atoms with E-state index < -0.39 is 0 Å². The first-order chi connectivity index (χ1) is 10.6. The third-order valence-corrected chi connectivity index (χ3v) is 4.46. The molecule has 0 saturated heterocycles. The molecule has 0 aromatic heterocycles. The molecule has 0 unspecified atom stereocenters. The van der Waals surface area contributed by atoms with Gasteiger partial charge in [-0.3, -0.25) is 9.59 Å². The Labute approximate surface area is 135 Å². The molecule has 0 aromatic carbocycles. The topological polar surface area (TPSA) is 46.6 Å². The highest BCUT2D eigenvalue weighted by Gasteiger charge is 2.25. The number of unbranched alkanes of at least 4 members (excludes halogenated alkanes) is 5. The maximum atomic E-state index is 12.2. The number of hydrogen-bond donors (Lipinski definition) is 0. The molecule has 0 radical (unpaired) electrons. The van der Waals surface area contributed by atoms with Gasteiger partial charge in [0.2, 0.25) is 5.91 Å². The lowest BCUT2D eigenvalue weighted by atomic mass is 9.88. The van der Waals surface area contributed by atoms with Crippen LogP contribution in [-0.4, -0.2) is 37.0 Å². The molecule has 0 N–H and O–H groups in total. The van der Waals surface area contributed by atoms with Gasteiger partial charge in [0, 0.05) is 13.0 Å². The predicted octanol–water partition coefficient (Wildman–Crippen LogP) is 3.93. The monoisotopic (exact) mass is 311 g/mol. The van der Waals surface area contributed by atoms with Crippen molar-refractivity contribution in [2.75, 3.05) is 20.2 Å². The van der Waals surface area contributed by atoms with E-state index in [0.717, 1.165) is 38.5 Å². The fourth-order valence-corrected chi connectivity index (χ4v) is 3.05. The molecule has 1 rings (SSSR count). The molecule has 4 heteroatoms. The second kappa shape index (κ2) is 11.5. The van der Waals surface area contributed by atoms with Crippen molar-refractivity contribution in [2.45, 2.75) is 77.6 Å². The van der Waals surface area contributed by atoms with Crippen molar-refractivity contribution in [1.82, 2.24) is 4.90 Å². The highest BCUT2D eigenvalue weighted by atomic mass is 16.5. The summed E-state index contributed by atoms with van der Waals surface area (Å²) in [6.07, 6.45) is 12.5. The van der Waals surface area contributed by atoms with E-state index in [2.05, 4.69) is 6.92 Å². The molecule has 1 aliphatic rings. The van der Waals surface area contributed by atoms with Crippen LogP contribution in [0.4, 0.5) is 0 Å². The summed E-state index contributed by atoms with van der Waals surface area (Å²) in [6, 6.07) is 0. The number of likely N-dealkylation sites (N-methyl/N-ethyl adjacent to an activating group) is 1. The van der Waals surface area contributed by atoms with Gasteiger partial charge in [-0.2, -0.15) is 0 Å². The van der Waals surface area contributed by atoms with E-state index in [1.807, 2.05) is 0 Å². The Morgan fingerprint density at radius 1 is 1.00 bits per heavy atom. The molecule has 0 bridgehead atoms. The normalized spacial score (nSPS) is 15.5. The first-order valence-corrected chi connectivity index (χ1v) is 9.05. The van der Waals surface area contributed by atoms with Gasteiger partial charge in [0.25, 0.3) is 0 Å². The SMILES string of the molecule is CCCCCCCCOC(=O)CN(C)C(=O)C1CCCCC1. The van der Waals surface area contributed by atoms with Crippen molar-refractivity contribution >= 4 is 11.9 Å². The van der Waals surface area contributed by atoms with Crippen LogP contribution in [0.3, 0.4) is 0 Å². The number of esters is 1. The Bertz CT molecular complexity index is 324. The number of carbonyl (C=O) groups excluding carboxylic acids is 2. The fraction of sp³-hybridized carbons (Fsp3) is 0.889. The van der Waals surface area contributed by atoms with E-state index >= 15 is 0 Å². The van der Waals surface area contributed by atoms with Gasteiger partial charge in [-0.25, -0.2) is 0 Å². The third-order valence-electron chi connectivity index (χ3n) is 4.46. The second-order valence-corrected chi connectivity index (χ2v) is 6.52. The van der Waals surface area contributed by atoms with Crippen LogP contribution in [0.25, 0.3) is 0 Å². The molecule has 1 saturated carbocycles. The molecule has 22 heavy (non-hydrogen) atoms. The summed E-state index contributed by atoms with van der Waals surface area (Å²) in [7, 11) is 1.71.